The topological polar surface area (TPSA) is 67.1 Å². The van der Waals surface area contributed by atoms with Gasteiger partial charge in [0.1, 0.15) is 12.4 Å². The number of amides is 1. The molecule has 2 aromatic heterocycles. The molecule has 104 valence electrons. The second-order valence-electron chi connectivity index (χ2n) is 5.32. The third kappa shape index (κ3) is 1.76. The molecule has 0 unspecified atom stereocenters. The van der Waals surface area contributed by atoms with Crippen LogP contribution in [0.3, 0.4) is 0 Å². The van der Waals surface area contributed by atoms with Crippen molar-refractivity contribution in [1.29, 1.82) is 0 Å². The van der Waals surface area contributed by atoms with Gasteiger partial charge in [0.15, 0.2) is 0 Å². The molecule has 0 spiro atoms. The lowest BCUT2D eigenvalue weighted by molar-refractivity contribution is 0.181. The van der Waals surface area contributed by atoms with E-state index in [-0.39, 0.29) is 12.7 Å². The minimum Gasteiger partial charge on any atom is -0.447 e. The van der Waals surface area contributed by atoms with Crippen molar-refractivity contribution in [2.24, 2.45) is 0 Å². The van der Waals surface area contributed by atoms with Crippen LogP contribution in [0.4, 0.5) is 10.6 Å². The van der Waals surface area contributed by atoms with Crippen LogP contribution < -0.4 is 4.90 Å². The quantitative estimate of drug-likeness (QED) is 0.923. The second-order valence-corrected chi connectivity index (χ2v) is 5.32. The van der Waals surface area contributed by atoms with E-state index in [0.717, 1.165) is 11.3 Å². The molecule has 0 bridgehead atoms. The first-order chi connectivity index (χ1) is 9.76. The van der Waals surface area contributed by atoms with E-state index in [2.05, 4.69) is 11.2 Å². The summed E-state index contributed by atoms with van der Waals surface area (Å²) in [6.45, 7) is 0.836. The maximum absolute atomic E-state index is 11.8. The summed E-state index contributed by atoms with van der Waals surface area (Å²) in [5.41, 5.74) is 2.75. The summed E-state index contributed by atoms with van der Waals surface area (Å²) in [6, 6.07) is 5.97. The zero-order valence-electron chi connectivity index (χ0n) is 11.0. The summed E-state index contributed by atoms with van der Waals surface area (Å²) in [7, 11) is 0. The summed E-state index contributed by atoms with van der Waals surface area (Å²) in [5, 5.41) is 13.6. The predicted molar refractivity (Wildman–Crippen MR) is 71.8 cm³/mol. The molecule has 6 nitrogen and oxygen atoms in total. The molecule has 0 aromatic carbocycles. The minimum absolute atomic E-state index is 0.107. The Morgan fingerprint density at radius 1 is 1.35 bits per heavy atom. The molecular weight excluding hydrogens is 258 g/mol. The van der Waals surface area contributed by atoms with E-state index in [9.17, 15) is 9.90 Å². The van der Waals surface area contributed by atoms with Crippen molar-refractivity contribution < 1.29 is 14.6 Å². The summed E-state index contributed by atoms with van der Waals surface area (Å²) in [4.78, 5) is 13.4. The van der Waals surface area contributed by atoms with Gasteiger partial charge in [-0.25, -0.2) is 9.31 Å². The summed E-state index contributed by atoms with van der Waals surface area (Å²) in [5.74, 6) is 1.32. The molecule has 1 saturated heterocycles. The minimum atomic E-state index is -0.333. The fourth-order valence-corrected chi connectivity index (χ4v) is 2.68. The predicted octanol–water partition coefficient (Wildman–Crippen LogP) is 1.66. The van der Waals surface area contributed by atoms with Crippen molar-refractivity contribution in [3.63, 3.8) is 0 Å². The van der Waals surface area contributed by atoms with Crippen LogP contribution in [-0.2, 0) is 11.3 Å². The molecule has 20 heavy (non-hydrogen) atoms. The van der Waals surface area contributed by atoms with E-state index >= 15 is 0 Å². The van der Waals surface area contributed by atoms with Gasteiger partial charge in [-0.05, 0) is 42.5 Å². The first-order valence-corrected chi connectivity index (χ1v) is 6.84. The number of nitrogens with zero attached hydrogens (tertiary/aromatic N) is 3. The number of aromatic nitrogens is 2. The van der Waals surface area contributed by atoms with Gasteiger partial charge in [0.2, 0.25) is 0 Å². The number of hydrogen-bond donors (Lipinski definition) is 1. The highest BCUT2D eigenvalue weighted by Gasteiger charge is 2.30. The van der Waals surface area contributed by atoms with Crippen molar-refractivity contribution >= 4 is 17.4 Å². The third-order valence-electron chi connectivity index (χ3n) is 3.86. The van der Waals surface area contributed by atoms with Crippen LogP contribution >= 0.6 is 0 Å². The highest BCUT2D eigenvalue weighted by Crippen LogP contribution is 2.42. The summed E-state index contributed by atoms with van der Waals surface area (Å²) < 4.78 is 6.73. The average Bonchev–Trinajstić information content (AvgIpc) is 3.08. The SMILES string of the molecule is O=C1OCCN1c1cc(C2CC2)cc2cc(CO)nn12. The number of ether oxygens (including phenoxy) is 1. The third-order valence-corrected chi connectivity index (χ3v) is 3.86. The van der Waals surface area contributed by atoms with Crippen molar-refractivity contribution in [3.8, 4) is 0 Å². The number of carbonyl (C=O) groups excluding carboxylic acids is 1. The first kappa shape index (κ1) is 11.7. The van der Waals surface area contributed by atoms with Crippen LogP contribution in [0, 0.1) is 0 Å². The number of aliphatic hydroxyl groups excluding tert-OH is 1. The molecule has 1 aliphatic carbocycles. The Kier molecular flexibility index (Phi) is 2.47. The molecule has 1 saturated carbocycles. The highest BCUT2D eigenvalue weighted by molar-refractivity contribution is 5.89. The first-order valence-electron chi connectivity index (χ1n) is 6.84. The van der Waals surface area contributed by atoms with Crippen LogP contribution in [0.2, 0.25) is 0 Å². The lowest BCUT2D eigenvalue weighted by atomic mass is 10.1. The largest absolute Gasteiger partial charge is 0.447 e. The van der Waals surface area contributed by atoms with Crippen molar-refractivity contribution in [2.75, 3.05) is 18.1 Å². The molecule has 6 heteroatoms. The molecular formula is C14H15N3O3. The van der Waals surface area contributed by atoms with Crippen LogP contribution in [-0.4, -0.2) is 34.0 Å². The fraction of sp³-hybridized carbons (Fsp3) is 0.429. The molecule has 4 rings (SSSR count). The maximum atomic E-state index is 11.8. The molecule has 2 aromatic rings. The zero-order chi connectivity index (χ0) is 13.7. The second kappa shape index (κ2) is 4.21. The molecule has 1 amide bonds. The van der Waals surface area contributed by atoms with Gasteiger partial charge in [0.05, 0.1) is 24.4 Å². The smallest absolute Gasteiger partial charge is 0.415 e. The lowest BCUT2D eigenvalue weighted by Crippen LogP contribution is -2.26. The Labute approximate surface area is 115 Å². The number of fused-ring (bicyclic) bond motifs is 1. The van der Waals surface area contributed by atoms with E-state index in [1.54, 1.807) is 9.42 Å². The van der Waals surface area contributed by atoms with E-state index in [0.29, 0.717) is 24.8 Å². The van der Waals surface area contributed by atoms with Crippen molar-refractivity contribution in [1.82, 2.24) is 9.61 Å². The van der Waals surface area contributed by atoms with Crippen LogP contribution in [0.5, 0.6) is 0 Å². The Morgan fingerprint density at radius 3 is 2.85 bits per heavy atom. The molecule has 0 radical (unpaired) electrons. The number of anilines is 1. The van der Waals surface area contributed by atoms with Gasteiger partial charge >= 0.3 is 6.09 Å². The molecule has 0 atom stereocenters. The van der Waals surface area contributed by atoms with Gasteiger partial charge in [-0.2, -0.15) is 5.10 Å². The molecule has 1 aliphatic heterocycles. The fourth-order valence-electron chi connectivity index (χ4n) is 2.68. The molecule has 2 aliphatic rings. The van der Waals surface area contributed by atoms with Crippen LogP contribution in [0.15, 0.2) is 18.2 Å². The Balaban J connectivity index is 1.90. The van der Waals surface area contributed by atoms with Gasteiger partial charge in [-0.1, -0.05) is 0 Å². The normalized spacial score (nSPS) is 18.9. The van der Waals surface area contributed by atoms with E-state index < -0.39 is 0 Å². The summed E-state index contributed by atoms with van der Waals surface area (Å²) in [6.07, 6.45) is 2.06. The Morgan fingerprint density at radius 2 is 2.20 bits per heavy atom. The van der Waals surface area contributed by atoms with E-state index in [4.69, 9.17) is 4.74 Å². The van der Waals surface area contributed by atoms with Crippen molar-refractivity contribution in [3.05, 3.63) is 29.5 Å². The van der Waals surface area contributed by atoms with Gasteiger partial charge < -0.3 is 9.84 Å². The van der Waals surface area contributed by atoms with Gasteiger partial charge in [-0.15, -0.1) is 0 Å². The maximum Gasteiger partial charge on any atom is 0.415 e. The number of aliphatic hydroxyl groups is 1. The van der Waals surface area contributed by atoms with E-state index in [1.165, 1.54) is 18.4 Å². The molecule has 3 heterocycles. The van der Waals surface area contributed by atoms with Crippen molar-refractivity contribution in [2.45, 2.75) is 25.4 Å². The number of hydrogen-bond acceptors (Lipinski definition) is 4. The number of carbonyl (C=O) groups is 1. The summed E-state index contributed by atoms with van der Waals surface area (Å²) >= 11 is 0. The standard InChI is InChI=1S/C14H15N3O3/c18-8-11-7-12-5-10(9-1-2-9)6-13(17(12)15-11)16-3-4-20-14(16)19/h5-7,9,18H,1-4,8H2. The Hall–Kier alpha value is -2.08. The van der Waals surface area contributed by atoms with Gasteiger partial charge in [0, 0.05) is 0 Å². The van der Waals surface area contributed by atoms with Gasteiger partial charge in [0.25, 0.3) is 0 Å². The molecule has 2 fully saturated rings. The number of cyclic esters (lactones) is 1. The van der Waals surface area contributed by atoms with Crippen LogP contribution in [0.25, 0.3) is 5.52 Å². The monoisotopic (exact) mass is 273 g/mol. The van der Waals surface area contributed by atoms with E-state index in [1.807, 2.05) is 12.1 Å². The Bertz CT molecular complexity index is 690. The van der Waals surface area contributed by atoms with Gasteiger partial charge in [-0.3, -0.25) is 4.90 Å². The lowest BCUT2D eigenvalue weighted by Gasteiger charge is -2.15. The highest BCUT2D eigenvalue weighted by atomic mass is 16.6. The molecule has 1 N–H and O–H groups in total. The number of rotatable bonds is 3. The van der Waals surface area contributed by atoms with Crippen LogP contribution in [0.1, 0.15) is 30.0 Å². The zero-order valence-corrected chi connectivity index (χ0v) is 11.0. The average molecular weight is 273 g/mol. The number of pyridine rings is 1.